The first-order valence-electron chi connectivity index (χ1n) is 6.32. The van der Waals surface area contributed by atoms with Crippen molar-refractivity contribution in [2.75, 3.05) is 18.0 Å². The van der Waals surface area contributed by atoms with Crippen molar-refractivity contribution in [1.29, 1.82) is 0 Å². The second-order valence-corrected chi connectivity index (χ2v) is 5.28. The van der Waals surface area contributed by atoms with Crippen molar-refractivity contribution in [1.82, 2.24) is 0 Å². The molecule has 0 saturated carbocycles. The molecule has 0 aliphatic heterocycles. The normalized spacial score (nSPS) is 12.5. The maximum atomic E-state index is 9.84. The highest BCUT2D eigenvalue weighted by atomic mass is 79.9. The highest BCUT2D eigenvalue weighted by molar-refractivity contribution is 9.10. The Bertz CT molecular complexity index is 346. The van der Waals surface area contributed by atoms with E-state index in [0.717, 1.165) is 41.7 Å². The van der Waals surface area contributed by atoms with Crippen LogP contribution in [0.5, 0.6) is 0 Å². The van der Waals surface area contributed by atoms with Crippen LogP contribution in [0.1, 0.15) is 45.3 Å². The van der Waals surface area contributed by atoms with Crippen LogP contribution in [0, 0.1) is 0 Å². The summed E-state index contributed by atoms with van der Waals surface area (Å²) in [5, 5.41) is 9.84. The molecule has 0 heterocycles. The van der Waals surface area contributed by atoms with Gasteiger partial charge in [0.1, 0.15) is 0 Å². The topological polar surface area (TPSA) is 23.5 Å². The largest absolute Gasteiger partial charge is 0.389 e. The summed E-state index contributed by atoms with van der Waals surface area (Å²) in [5.41, 5.74) is 2.16. The van der Waals surface area contributed by atoms with E-state index in [2.05, 4.69) is 40.7 Å². The van der Waals surface area contributed by atoms with Crippen molar-refractivity contribution in [3.8, 4) is 0 Å². The molecule has 1 rings (SSSR count). The van der Waals surface area contributed by atoms with Gasteiger partial charge < -0.3 is 10.0 Å². The highest BCUT2D eigenvalue weighted by Crippen LogP contribution is 2.30. The molecule has 0 aliphatic carbocycles. The Morgan fingerprint density at radius 2 is 1.82 bits per heavy atom. The summed E-state index contributed by atoms with van der Waals surface area (Å²) in [7, 11) is 0. The molecule has 17 heavy (non-hydrogen) atoms. The van der Waals surface area contributed by atoms with Gasteiger partial charge >= 0.3 is 0 Å². The van der Waals surface area contributed by atoms with Crippen LogP contribution >= 0.6 is 15.9 Å². The Morgan fingerprint density at radius 1 is 1.24 bits per heavy atom. The molecule has 0 saturated heterocycles. The number of nitrogens with zero attached hydrogens (tertiary/aromatic N) is 1. The van der Waals surface area contributed by atoms with Crippen molar-refractivity contribution in [2.24, 2.45) is 0 Å². The minimum absolute atomic E-state index is 0.422. The van der Waals surface area contributed by atoms with E-state index in [1.807, 2.05) is 19.1 Å². The van der Waals surface area contributed by atoms with Gasteiger partial charge in [-0.3, -0.25) is 0 Å². The number of rotatable bonds is 6. The van der Waals surface area contributed by atoms with E-state index in [4.69, 9.17) is 0 Å². The van der Waals surface area contributed by atoms with E-state index in [1.165, 1.54) is 0 Å². The molecule has 0 aliphatic rings. The molecule has 1 atom stereocenters. The van der Waals surface area contributed by atoms with E-state index >= 15 is 0 Å². The molecular weight excluding hydrogens is 278 g/mol. The van der Waals surface area contributed by atoms with Crippen LogP contribution in [-0.4, -0.2) is 18.2 Å². The van der Waals surface area contributed by atoms with Crippen LogP contribution in [0.3, 0.4) is 0 Å². The van der Waals surface area contributed by atoms with Gasteiger partial charge in [0.15, 0.2) is 0 Å². The maximum Gasteiger partial charge on any atom is 0.0782 e. The minimum atomic E-state index is -0.422. The predicted octanol–water partition coefficient (Wildman–Crippen LogP) is 4.13. The number of hydrogen-bond acceptors (Lipinski definition) is 2. The molecule has 1 aromatic carbocycles. The van der Waals surface area contributed by atoms with Crippen molar-refractivity contribution >= 4 is 21.6 Å². The van der Waals surface area contributed by atoms with Gasteiger partial charge in [0, 0.05) is 28.8 Å². The van der Waals surface area contributed by atoms with Crippen molar-refractivity contribution < 1.29 is 5.11 Å². The standard InChI is InChI=1S/C14H22BrNO/c1-4-8-16(9-5-2)14-10-12(15)6-7-13(14)11(3)17/h6-7,10-11,17H,4-5,8-9H2,1-3H3. The number of aliphatic hydroxyl groups excluding tert-OH is 1. The van der Waals surface area contributed by atoms with Gasteiger partial charge in [-0.05, 0) is 31.9 Å². The molecule has 1 unspecified atom stereocenters. The van der Waals surface area contributed by atoms with Crippen LogP contribution in [0.25, 0.3) is 0 Å². The Kier molecular flexibility index (Phi) is 6.00. The van der Waals surface area contributed by atoms with E-state index in [9.17, 15) is 5.11 Å². The Hall–Kier alpha value is -0.540. The van der Waals surface area contributed by atoms with Gasteiger partial charge in [0.25, 0.3) is 0 Å². The quantitative estimate of drug-likeness (QED) is 0.854. The molecule has 0 radical (unpaired) electrons. The van der Waals surface area contributed by atoms with Crippen molar-refractivity contribution in [3.63, 3.8) is 0 Å². The SMILES string of the molecule is CCCN(CCC)c1cc(Br)ccc1C(C)O. The zero-order chi connectivity index (χ0) is 12.8. The van der Waals surface area contributed by atoms with E-state index in [-0.39, 0.29) is 0 Å². The third-order valence-corrected chi connectivity index (χ3v) is 3.26. The molecule has 0 spiro atoms. The molecule has 2 nitrogen and oxygen atoms in total. The second kappa shape index (κ2) is 7.02. The zero-order valence-corrected chi connectivity index (χ0v) is 12.5. The zero-order valence-electron chi connectivity index (χ0n) is 10.9. The molecule has 0 fully saturated rings. The molecule has 0 aromatic heterocycles. The predicted molar refractivity (Wildman–Crippen MR) is 77.6 cm³/mol. The fraction of sp³-hybridized carbons (Fsp3) is 0.571. The first kappa shape index (κ1) is 14.5. The summed E-state index contributed by atoms with van der Waals surface area (Å²) in [4.78, 5) is 2.35. The van der Waals surface area contributed by atoms with Gasteiger partial charge in [0.05, 0.1) is 6.10 Å². The minimum Gasteiger partial charge on any atom is -0.389 e. The lowest BCUT2D eigenvalue weighted by Crippen LogP contribution is -2.26. The summed E-state index contributed by atoms with van der Waals surface area (Å²) < 4.78 is 1.06. The number of aliphatic hydroxyl groups is 1. The van der Waals surface area contributed by atoms with Crippen molar-refractivity contribution in [3.05, 3.63) is 28.2 Å². The lowest BCUT2D eigenvalue weighted by molar-refractivity contribution is 0.199. The summed E-state index contributed by atoms with van der Waals surface area (Å²) in [6, 6.07) is 6.09. The molecule has 96 valence electrons. The van der Waals surface area contributed by atoms with Crippen molar-refractivity contribution in [2.45, 2.75) is 39.7 Å². The lowest BCUT2D eigenvalue weighted by atomic mass is 10.1. The molecule has 1 aromatic rings. The Morgan fingerprint density at radius 3 is 2.29 bits per heavy atom. The van der Waals surface area contributed by atoms with Crippen LogP contribution < -0.4 is 4.90 Å². The summed E-state index contributed by atoms with van der Waals surface area (Å²) in [6.07, 6.45) is 1.81. The smallest absolute Gasteiger partial charge is 0.0782 e. The van der Waals surface area contributed by atoms with Crippen LogP contribution in [0.15, 0.2) is 22.7 Å². The third kappa shape index (κ3) is 4.00. The van der Waals surface area contributed by atoms with Crippen LogP contribution in [-0.2, 0) is 0 Å². The molecule has 1 N–H and O–H groups in total. The number of benzene rings is 1. The Labute approximate surface area is 113 Å². The molecule has 0 bridgehead atoms. The van der Waals surface area contributed by atoms with Gasteiger partial charge in [-0.15, -0.1) is 0 Å². The maximum absolute atomic E-state index is 9.84. The van der Waals surface area contributed by atoms with Gasteiger partial charge in [-0.2, -0.15) is 0 Å². The fourth-order valence-electron chi connectivity index (χ4n) is 2.04. The number of hydrogen-bond donors (Lipinski definition) is 1. The summed E-state index contributed by atoms with van der Waals surface area (Å²) in [6.45, 7) is 8.25. The van der Waals surface area contributed by atoms with E-state index in [0.29, 0.717) is 0 Å². The van der Waals surface area contributed by atoms with Gasteiger partial charge in [-0.25, -0.2) is 0 Å². The fourth-order valence-corrected chi connectivity index (χ4v) is 2.39. The lowest BCUT2D eigenvalue weighted by Gasteiger charge is -2.27. The second-order valence-electron chi connectivity index (χ2n) is 4.37. The molecule has 0 amide bonds. The number of halogens is 1. The van der Waals surface area contributed by atoms with Gasteiger partial charge in [-0.1, -0.05) is 35.8 Å². The average molecular weight is 300 g/mol. The van der Waals surface area contributed by atoms with Gasteiger partial charge in [0.2, 0.25) is 0 Å². The summed E-state index contributed by atoms with van der Waals surface area (Å²) in [5.74, 6) is 0. The first-order valence-corrected chi connectivity index (χ1v) is 7.11. The average Bonchev–Trinajstić information content (AvgIpc) is 2.28. The highest BCUT2D eigenvalue weighted by Gasteiger charge is 2.13. The van der Waals surface area contributed by atoms with Crippen LogP contribution in [0.4, 0.5) is 5.69 Å². The molecule has 3 heteroatoms. The number of anilines is 1. The Balaban J connectivity index is 3.09. The van der Waals surface area contributed by atoms with E-state index in [1.54, 1.807) is 0 Å². The molecular formula is C14H22BrNO. The third-order valence-electron chi connectivity index (χ3n) is 2.77. The van der Waals surface area contributed by atoms with Crippen LogP contribution in [0.2, 0.25) is 0 Å². The summed E-state index contributed by atoms with van der Waals surface area (Å²) >= 11 is 3.51. The first-order chi connectivity index (χ1) is 8.10. The monoisotopic (exact) mass is 299 g/mol. The van der Waals surface area contributed by atoms with E-state index < -0.39 is 6.10 Å².